The molecule has 1 nitrogen and oxygen atoms in total. The molecular weight excluding hydrogens is 420 g/mol. The smallest absolute Gasteiger partial charge is 0.384 e. The zero-order chi connectivity index (χ0) is 15.8. The van der Waals surface area contributed by atoms with Gasteiger partial charge in [0.2, 0.25) is 0 Å². The molecule has 0 aliphatic rings. The quantitative estimate of drug-likeness (QED) is 0.631. The second-order valence-electron chi connectivity index (χ2n) is 4.31. The molecule has 0 fully saturated rings. The third-order valence-corrected chi connectivity index (χ3v) is 4.05. The van der Waals surface area contributed by atoms with E-state index in [9.17, 15) is 22.7 Å². The lowest BCUT2D eigenvalue weighted by Crippen LogP contribution is -2.10. The first-order chi connectivity index (χ1) is 9.70. The Balaban J connectivity index is 2.46. The maximum absolute atomic E-state index is 13.2. The van der Waals surface area contributed by atoms with Crippen molar-refractivity contribution in [1.82, 2.24) is 0 Å². The van der Waals surface area contributed by atoms with Crippen molar-refractivity contribution in [3.8, 4) is 0 Å². The summed E-state index contributed by atoms with van der Waals surface area (Å²) < 4.78 is 52.6. The van der Waals surface area contributed by atoms with Gasteiger partial charge in [0.1, 0.15) is 11.9 Å². The molecule has 0 saturated carbocycles. The Labute approximate surface area is 134 Å². The van der Waals surface area contributed by atoms with Crippen LogP contribution in [-0.4, -0.2) is 5.11 Å². The van der Waals surface area contributed by atoms with E-state index in [0.717, 1.165) is 10.5 Å². The summed E-state index contributed by atoms with van der Waals surface area (Å²) >= 11 is 6.47. The summed E-state index contributed by atoms with van der Waals surface area (Å²) in [5, 5.41) is 10.2. The van der Waals surface area contributed by atoms with Gasteiger partial charge in [-0.05, 0) is 35.4 Å². The molecule has 21 heavy (non-hydrogen) atoms. The number of aliphatic hydroxyl groups is 1. The predicted molar refractivity (Wildman–Crippen MR) is 77.3 cm³/mol. The Morgan fingerprint density at radius 1 is 1.00 bits per heavy atom. The second kappa shape index (κ2) is 6.06. The maximum Gasteiger partial charge on any atom is 0.419 e. The first-order valence-corrected chi connectivity index (χ1v) is 7.28. The third-order valence-electron chi connectivity index (χ3n) is 2.87. The lowest BCUT2D eigenvalue weighted by molar-refractivity contribution is -0.140. The minimum absolute atomic E-state index is 0.0354. The van der Waals surface area contributed by atoms with Crippen molar-refractivity contribution < 1.29 is 22.7 Å². The highest BCUT2D eigenvalue weighted by atomic mass is 79.9. The number of hydrogen-bond acceptors (Lipinski definition) is 1. The van der Waals surface area contributed by atoms with Crippen LogP contribution in [0.2, 0.25) is 0 Å². The van der Waals surface area contributed by atoms with Gasteiger partial charge in [0.25, 0.3) is 0 Å². The highest BCUT2D eigenvalue weighted by Crippen LogP contribution is 2.36. The predicted octanol–water partition coefficient (Wildman–Crippen LogP) is 5.45. The Kier molecular flexibility index (Phi) is 4.75. The van der Waals surface area contributed by atoms with Crippen molar-refractivity contribution in [3.63, 3.8) is 0 Å². The van der Waals surface area contributed by atoms with Crippen LogP contribution < -0.4 is 0 Å². The van der Waals surface area contributed by atoms with Gasteiger partial charge in [-0.1, -0.05) is 44.0 Å². The van der Waals surface area contributed by atoms with Crippen LogP contribution in [0.3, 0.4) is 0 Å². The zero-order valence-corrected chi connectivity index (χ0v) is 13.4. The number of rotatable bonds is 2. The fraction of sp³-hybridized carbons (Fsp3) is 0.143. The average molecular weight is 428 g/mol. The monoisotopic (exact) mass is 426 g/mol. The Morgan fingerprint density at radius 2 is 1.67 bits per heavy atom. The summed E-state index contributed by atoms with van der Waals surface area (Å²) in [5.41, 5.74) is -1.04. The summed E-state index contributed by atoms with van der Waals surface area (Å²) in [7, 11) is 0. The van der Waals surface area contributed by atoms with Gasteiger partial charge in [-0.3, -0.25) is 0 Å². The van der Waals surface area contributed by atoms with Gasteiger partial charge in [-0.25, -0.2) is 4.39 Å². The molecule has 0 aromatic heterocycles. The molecule has 112 valence electrons. The molecule has 0 spiro atoms. The summed E-state index contributed by atoms with van der Waals surface area (Å²) in [6.45, 7) is 0. The Morgan fingerprint density at radius 3 is 2.24 bits per heavy atom. The number of aliphatic hydroxyl groups excluding tert-OH is 1. The molecule has 0 heterocycles. The van der Waals surface area contributed by atoms with E-state index in [1.807, 2.05) is 0 Å². The number of halogens is 6. The molecule has 0 bridgehead atoms. The molecule has 1 N–H and O–H groups in total. The van der Waals surface area contributed by atoms with Gasteiger partial charge in [-0.15, -0.1) is 0 Å². The highest BCUT2D eigenvalue weighted by molar-refractivity contribution is 9.11. The second-order valence-corrected chi connectivity index (χ2v) is 6.08. The molecule has 0 aliphatic heterocycles. The van der Waals surface area contributed by atoms with Gasteiger partial charge >= 0.3 is 6.18 Å². The van der Waals surface area contributed by atoms with Gasteiger partial charge < -0.3 is 5.11 Å². The van der Waals surface area contributed by atoms with Crippen LogP contribution >= 0.6 is 31.9 Å². The van der Waals surface area contributed by atoms with E-state index in [0.29, 0.717) is 22.2 Å². The molecule has 7 heteroatoms. The van der Waals surface area contributed by atoms with E-state index in [4.69, 9.17) is 0 Å². The third kappa shape index (κ3) is 3.64. The van der Waals surface area contributed by atoms with E-state index in [-0.39, 0.29) is 5.56 Å². The van der Waals surface area contributed by atoms with Crippen LogP contribution in [0.25, 0.3) is 0 Å². The molecule has 2 aromatic carbocycles. The van der Waals surface area contributed by atoms with Crippen molar-refractivity contribution in [2.75, 3.05) is 0 Å². The summed E-state index contributed by atoms with van der Waals surface area (Å²) in [6.07, 6.45) is -6.11. The van der Waals surface area contributed by atoms with Crippen LogP contribution in [0.1, 0.15) is 22.8 Å². The van der Waals surface area contributed by atoms with E-state index >= 15 is 0 Å². The van der Waals surface area contributed by atoms with Gasteiger partial charge in [0, 0.05) is 8.95 Å². The summed E-state index contributed by atoms with van der Waals surface area (Å²) in [4.78, 5) is 0. The van der Waals surface area contributed by atoms with Gasteiger partial charge in [0.15, 0.2) is 0 Å². The average Bonchev–Trinajstić information content (AvgIpc) is 2.37. The van der Waals surface area contributed by atoms with Crippen LogP contribution in [0.15, 0.2) is 45.3 Å². The van der Waals surface area contributed by atoms with Crippen LogP contribution in [0.5, 0.6) is 0 Å². The van der Waals surface area contributed by atoms with E-state index < -0.39 is 23.7 Å². The van der Waals surface area contributed by atoms with Crippen molar-refractivity contribution in [2.24, 2.45) is 0 Å². The fourth-order valence-corrected chi connectivity index (χ4v) is 3.10. The standard InChI is InChI=1S/C14H8Br2F4O/c15-8-2-3-9(11(16)6-8)13(21)7-1-4-12(17)10(5-7)14(18,19)20/h1-6,13,21H. The fourth-order valence-electron chi connectivity index (χ4n) is 1.83. The highest BCUT2D eigenvalue weighted by Gasteiger charge is 2.34. The minimum Gasteiger partial charge on any atom is -0.384 e. The summed E-state index contributed by atoms with van der Waals surface area (Å²) in [5.74, 6) is -1.37. The first kappa shape index (κ1) is 16.5. The van der Waals surface area contributed by atoms with Crippen molar-refractivity contribution in [1.29, 1.82) is 0 Å². The first-order valence-electron chi connectivity index (χ1n) is 5.70. The van der Waals surface area contributed by atoms with Crippen LogP contribution in [0.4, 0.5) is 17.6 Å². The summed E-state index contributed by atoms with van der Waals surface area (Å²) in [6, 6.07) is 7.33. The number of alkyl halides is 3. The Bertz CT molecular complexity index is 671. The number of hydrogen-bond donors (Lipinski definition) is 1. The van der Waals surface area contributed by atoms with Crippen LogP contribution in [-0.2, 0) is 6.18 Å². The molecule has 0 saturated heterocycles. The zero-order valence-electron chi connectivity index (χ0n) is 10.3. The molecule has 0 radical (unpaired) electrons. The largest absolute Gasteiger partial charge is 0.419 e. The topological polar surface area (TPSA) is 20.2 Å². The van der Waals surface area contributed by atoms with Gasteiger partial charge in [-0.2, -0.15) is 13.2 Å². The maximum atomic E-state index is 13.2. The van der Waals surface area contributed by atoms with Crippen molar-refractivity contribution in [3.05, 3.63) is 67.9 Å². The van der Waals surface area contributed by atoms with Crippen molar-refractivity contribution in [2.45, 2.75) is 12.3 Å². The lowest BCUT2D eigenvalue weighted by atomic mass is 9.99. The van der Waals surface area contributed by atoms with Gasteiger partial charge in [0.05, 0.1) is 5.56 Å². The minimum atomic E-state index is -4.81. The molecule has 2 rings (SSSR count). The van der Waals surface area contributed by atoms with Crippen LogP contribution in [0, 0.1) is 5.82 Å². The molecule has 0 aliphatic carbocycles. The van der Waals surface area contributed by atoms with E-state index in [2.05, 4.69) is 31.9 Å². The van der Waals surface area contributed by atoms with E-state index in [1.165, 1.54) is 0 Å². The molecule has 1 unspecified atom stereocenters. The molecule has 1 atom stereocenters. The SMILES string of the molecule is OC(c1ccc(F)c(C(F)(F)F)c1)c1ccc(Br)cc1Br. The molecule has 0 amide bonds. The Hall–Kier alpha value is -0.920. The van der Waals surface area contributed by atoms with Crippen molar-refractivity contribution >= 4 is 31.9 Å². The number of benzene rings is 2. The normalized spacial score (nSPS) is 13.3. The molecule has 2 aromatic rings. The van der Waals surface area contributed by atoms with E-state index in [1.54, 1.807) is 18.2 Å². The lowest BCUT2D eigenvalue weighted by Gasteiger charge is -2.16. The molecular formula is C14H8Br2F4O.